The fourth-order valence-electron chi connectivity index (χ4n) is 1.59. The zero-order valence-corrected chi connectivity index (χ0v) is 11.1. The Morgan fingerprint density at radius 2 is 1.71 bits per heavy atom. The molecular weight excluding hydrogens is 309 g/mol. The molecule has 0 aliphatic heterocycles. The normalized spacial score (nSPS) is 12.1. The second-order valence-electron chi connectivity index (χ2n) is 4.04. The number of rotatable bonds is 3. The van der Waals surface area contributed by atoms with Crippen molar-refractivity contribution in [1.29, 1.82) is 0 Å². The average Bonchev–Trinajstić information content (AvgIpc) is 2.38. The number of halogens is 3. The number of anilines is 1. The zero-order valence-electron chi connectivity index (χ0n) is 10.3. The first-order valence-electron chi connectivity index (χ1n) is 5.58. The van der Waals surface area contributed by atoms with Crippen molar-refractivity contribution in [2.24, 2.45) is 0 Å². The molecule has 0 amide bonds. The smallest absolute Gasteiger partial charge is 0.328 e. The van der Waals surface area contributed by atoms with E-state index in [1.165, 1.54) is 6.07 Å². The van der Waals surface area contributed by atoms with E-state index in [1.54, 1.807) is 0 Å². The Kier molecular flexibility index (Phi) is 3.77. The molecule has 9 heteroatoms. The Morgan fingerprint density at radius 1 is 1.05 bits per heavy atom. The van der Waals surface area contributed by atoms with Gasteiger partial charge in [0.05, 0.1) is 11.3 Å². The summed E-state index contributed by atoms with van der Waals surface area (Å²) < 4.78 is 64.2. The highest BCUT2D eigenvalue weighted by atomic mass is 32.2. The molecule has 5 nitrogen and oxygen atoms in total. The molecule has 0 bridgehead atoms. The van der Waals surface area contributed by atoms with Crippen molar-refractivity contribution in [2.45, 2.75) is 11.1 Å². The van der Waals surface area contributed by atoms with Crippen LogP contribution in [0.4, 0.5) is 18.9 Å². The number of pyridine rings is 1. The molecular formula is C12H9F3N2O3S. The summed E-state index contributed by atoms with van der Waals surface area (Å²) in [5.41, 5.74) is -2.21. The quantitative estimate of drug-likeness (QED) is 0.910. The molecule has 0 aliphatic carbocycles. The van der Waals surface area contributed by atoms with Gasteiger partial charge in [0.25, 0.3) is 10.0 Å². The molecule has 1 heterocycles. The molecule has 0 atom stereocenters. The van der Waals surface area contributed by atoms with Crippen molar-refractivity contribution in [1.82, 2.24) is 4.98 Å². The molecule has 2 rings (SSSR count). The van der Waals surface area contributed by atoms with Crippen LogP contribution in [0.25, 0.3) is 0 Å². The standard InChI is InChI=1S/C12H9F3N2O3S/c13-12(14,15)9-3-1-2-4-10(9)17-21(19,20)8-5-6-11(18)16-7-8/h1-7,17H,(H,16,18). The van der Waals surface area contributed by atoms with Gasteiger partial charge in [-0.25, -0.2) is 8.42 Å². The predicted molar refractivity (Wildman–Crippen MR) is 69.3 cm³/mol. The molecule has 112 valence electrons. The number of aromatic nitrogens is 1. The summed E-state index contributed by atoms with van der Waals surface area (Å²) >= 11 is 0. The van der Waals surface area contributed by atoms with Gasteiger partial charge in [-0.1, -0.05) is 12.1 Å². The third-order valence-corrected chi connectivity index (χ3v) is 3.91. The number of nitrogens with one attached hydrogen (secondary N) is 2. The van der Waals surface area contributed by atoms with Gasteiger partial charge in [-0.15, -0.1) is 0 Å². The molecule has 1 aromatic carbocycles. The van der Waals surface area contributed by atoms with Crippen molar-refractivity contribution in [3.05, 3.63) is 58.5 Å². The molecule has 0 spiro atoms. The van der Waals surface area contributed by atoms with E-state index < -0.39 is 33.0 Å². The maximum absolute atomic E-state index is 12.8. The van der Waals surface area contributed by atoms with E-state index in [4.69, 9.17) is 0 Å². The van der Waals surface area contributed by atoms with E-state index in [9.17, 15) is 26.4 Å². The maximum atomic E-state index is 12.8. The summed E-state index contributed by atoms with van der Waals surface area (Å²) in [7, 11) is -4.23. The molecule has 0 aliphatic rings. The number of hydrogen-bond acceptors (Lipinski definition) is 3. The van der Waals surface area contributed by atoms with Crippen LogP contribution in [0.2, 0.25) is 0 Å². The van der Waals surface area contributed by atoms with Crippen LogP contribution in [0, 0.1) is 0 Å². The van der Waals surface area contributed by atoms with Crippen molar-refractivity contribution in [2.75, 3.05) is 4.72 Å². The van der Waals surface area contributed by atoms with Crippen LogP contribution in [-0.2, 0) is 16.2 Å². The minimum Gasteiger partial charge on any atom is -0.328 e. The first kappa shape index (κ1) is 15.1. The lowest BCUT2D eigenvalue weighted by Crippen LogP contribution is -2.18. The average molecular weight is 318 g/mol. The largest absolute Gasteiger partial charge is 0.418 e. The maximum Gasteiger partial charge on any atom is 0.418 e. The molecule has 1 aromatic heterocycles. The van der Waals surface area contributed by atoms with Gasteiger partial charge in [0, 0.05) is 12.3 Å². The number of aromatic amines is 1. The number of sulfonamides is 1. The number of H-pyrrole nitrogens is 1. The first-order valence-corrected chi connectivity index (χ1v) is 7.06. The molecule has 0 saturated heterocycles. The first-order chi connectivity index (χ1) is 9.70. The third kappa shape index (κ3) is 3.43. The highest BCUT2D eigenvalue weighted by Crippen LogP contribution is 2.35. The van der Waals surface area contributed by atoms with Crippen LogP contribution >= 0.6 is 0 Å². The van der Waals surface area contributed by atoms with Gasteiger partial charge in [-0.05, 0) is 18.2 Å². The molecule has 0 saturated carbocycles. The zero-order chi connectivity index (χ0) is 15.7. The van der Waals surface area contributed by atoms with Crippen molar-refractivity contribution >= 4 is 15.7 Å². The van der Waals surface area contributed by atoms with Gasteiger partial charge in [-0.3, -0.25) is 9.52 Å². The lowest BCUT2D eigenvalue weighted by Gasteiger charge is -2.14. The minimum atomic E-state index is -4.69. The summed E-state index contributed by atoms with van der Waals surface area (Å²) in [6.45, 7) is 0. The van der Waals surface area contributed by atoms with Crippen LogP contribution in [0.5, 0.6) is 0 Å². The second kappa shape index (κ2) is 5.24. The van der Waals surface area contributed by atoms with E-state index in [0.29, 0.717) is 0 Å². The van der Waals surface area contributed by atoms with Crippen LogP contribution in [-0.4, -0.2) is 13.4 Å². The van der Waals surface area contributed by atoms with Crippen LogP contribution in [0.1, 0.15) is 5.56 Å². The molecule has 0 fully saturated rings. The SMILES string of the molecule is O=c1ccc(S(=O)(=O)Nc2ccccc2C(F)(F)F)c[nH]1. The van der Waals surface area contributed by atoms with Crippen molar-refractivity contribution in [3.8, 4) is 0 Å². The predicted octanol–water partition coefficient (Wildman–Crippen LogP) is 2.19. The summed E-state index contributed by atoms with van der Waals surface area (Å²) in [4.78, 5) is 12.7. The van der Waals surface area contributed by atoms with Crippen molar-refractivity contribution < 1.29 is 21.6 Å². The van der Waals surface area contributed by atoms with E-state index in [1.807, 2.05) is 4.72 Å². The lowest BCUT2D eigenvalue weighted by atomic mass is 10.2. The van der Waals surface area contributed by atoms with E-state index in [-0.39, 0.29) is 4.90 Å². The summed E-state index contributed by atoms with van der Waals surface area (Å²) in [5, 5.41) is 0. The number of benzene rings is 1. The molecule has 21 heavy (non-hydrogen) atoms. The van der Waals surface area contributed by atoms with Gasteiger partial charge < -0.3 is 4.98 Å². The van der Waals surface area contributed by atoms with E-state index >= 15 is 0 Å². The highest BCUT2D eigenvalue weighted by Gasteiger charge is 2.34. The van der Waals surface area contributed by atoms with Gasteiger partial charge >= 0.3 is 6.18 Å². The molecule has 2 aromatic rings. The fraction of sp³-hybridized carbons (Fsp3) is 0.0833. The van der Waals surface area contributed by atoms with E-state index in [2.05, 4.69) is 4.98 Å². The van der Waals surface area contributed by atoms with Gasteiger partial charge in [0.15, 0.2) is 0 Å². The summed E-state index contributed by atoms with van der Waals surface area (Å²) in [6.07, 6.45) is -3.79. The third-order valence-electron chi connectivity index (χ3n) is 2.54. The Balaban J connectivity index is 2.42. The van der Waals surface area contributed by atoms with E-state index in [0.717, 1.165) is 36.5 Å². The molecule has 0 radical (unpaired) electrons. The second-order valence-corrected chi connectivity index (χ2v) is 5.72. The number of para-hydroxylation sites is 1. The summed E-state index contributed by atoms with van der Waals surface area (Å²) in [5.74, 6) is 0. The minimum absolute atomic E-state index is 0.348. The summed E-state index contributed by atoms with van der Waals surface area (Å²) in [6, 6.07) is 6.17. The monoisotopic (exact) mass is 318 g/mol. The highest BCUT2D eigenvalue weighted by molar-refractivity contribution is 7.92. The Hall–Kier alpha value is -2.29. The topological polar surface area (TPSA) is 79.0 Å². The van der Waals surface area contributed by atoms with Gasteiger partial charge in [0.2, 0.25) is 5.56 Å². The van der Waals surface area contributed by atoms with Crippen LogP contribution in [0.15, 0.2) is 52.3 Å². The van der Waals surface area contributed by atoms with Gasteiger partial charge in [0.1, 0.15) is 4.90 Å². The molecule has 2 N–H and O–H groups in total. The Morgan fingerprint density at radius 3 is 2.29 bits per heavy atom. The Bertz CT molecular complexity index is 792. The number of hydrogen-bond donors (Lipinski definition) is 2. The van der Waals surface area contributed by atoms with Crippen LogP contribution < -0.4 is 10.3 Å². The van der Waals surface area contributed by atoms with Gasteiger partial charge in [-0.2, -0.15) is 13.2 Å². The van der Waals surface area contributed by atoms with Crippen molar-refractivity contribution in [3.63, 3.8) is 0 Å². The molecule has 0 unspecified atom stereocenters. The Labute approximate surface area is 117 Å². The fourth-order valence-corrected chi connectivity index (χ4v) is 2.63. The lowest BCUT2D eigenvalue weighted by molar-refractivity contribution is -0.136. The van der Waals surface area contributed by atoms with Crippen LogP contribution in [0.3, 0.4) is 0 Å². The number of alkyl halides is 3.